The van der Waals surface area contributed by atoms with Crippen molar-refractivity contribution < 1.29 is 4.92 Å². The summed E-state index contributed by atoms with van der Waals surface area (Å²) < 4.78 is 0.809. The Balaban J connectivity index is 2.40. The van der Waals surface area contributed by atoms with Gasteiger partial charge in [0.25, 0.3) is 0 Å². The van der Waals surface area contributed by atoms with Gasteiger partial charge in [0.2, 0.25) is 11.8 Å². The highest BCUT2D eigenvalue weighted by Crippen LogP contribution is 2.31. The maximum atomic E-state index is 11.0. The van der Waals surface area contributed by atoms with Crippen LogP contribution in [0.5, 0.6) is 0 Å². The van der Waals surface area contributed by atoms with Gasteiger partial charge in [-0.2, -0.15) is 4.98 Å². The SMILES string of the molecule is CCNc1ncc([N+](=O)[O-])c(Nc2ccc(Br)cc2Cl)n1. The summed E-state index contributed by atoms with van der Waals surface area (Å²) in [6.07, 6.45) is 1.15. The van der Waals surface area contributed by atoms with Crippen LogP contribution in [0.1, 0.15) is 6.92 Å². The molecule has 0 aliphatic carbocycles. The van der Waals surface area contributed by atoms with E-state index in [2.05, 4.69) is 36.5 Å². The van der Waals surface area contributed by atoms with Crippen molar-refractivity contribution in [3.63, 3.8) is 0 Å². The largest absolute Gasteiger partial charge is 0.354 e. The van der Waals surface area contributed by atoms with Crippen LogP contribution in [0, 0.1) is 10.1 Å². The first-order chi connectivity index (χ1) is 10.0. The van der Waals surface area contributed by atoms with E-state index in [0.717, 1.165) is 10.7 Å². The predicted octanol–water partition coefficient (Wildman–Crippen LogP) is 3.98. The average molecular weight is 373 g/mol. The topological polar surface area (TPSA) is 93.0 Å². The van der Waals surface area contributed by atoms with Crippen LogP contribution in [0.4, 0.5) is 23.1 Å². The number of nitro groups is 1. The Morgan fingerprint density at radius 2 is 2.24 bits per heavy atom. The lowest BCUT2D eigenvalue weighted by molar-refractivity contribution is -0.384. The average Bonchev–Trinajstić information content (AvgIpc) is 2.42. The van der Waals surface area contributed by atoms with Gasteiger partial charge in [0.05, 0.1) is 15.6 Å². The van der Waals surface area contributed by atoms with Gasteiger partial charge in [0.1, 0.15) is 6.20 Å². The molecule has 2 rings (SSSR count). The molecule has 0 saturated carbocycles. The fourth-order valence-electron chi connectivity index (χ4n) is 1.56. The summed E-state index contributed by atoms with van der Waals surface area (Å²) in [5.74, 6) is 0.383. The zero-order chi connectivity index (χ0) is 15.4. The molecule has 0 spiro atoms. The van der Waals surface area contributed by atoms with Crippen LogP contribution in [0.2, 0.25) is 5.02 Å². The summed E-state index contributed by atoms with van der Waals surface area (Å²) in [7, 11) is 0. The summed E-state index contributed by atoms with van der Waals surface area (Å²) in [5, 5.41) is 17.2. The molecular formula is C12H11BrClN5O2. The Morgan fingerprint density at radius 3 is 2.86 bits per heavy atom. The van der Waals surface area contributed by atoms with Crippen LogP contribution in [-0.2, 0) is 0 Å². The van der Waals surface area contributed by atoms with E-state index in [0.29, 0.717) is 23.2 Å². The second-order valence-corrected chi connectivity index (χ2v) is 5.29. The normalized spacial score (nSPS) is 10.2. The smallest absolute Gasteiger partial charge is 0.329 e. The van der Waals surface area contributed by atoms with Crippen molar-refractivity contribution in [1.29, 1.82) is 0 Å². The molecule has 1 heterocycles. The lowest BCUT2D eigenvalue weighted by Crippen LogP contribution is -2.06. The van der Waals surface area contributed by atoms with Crippen molar-refractivity contribution in [2.24, 2.45) is 0 Å². The Labute approximate surface area is 134 Å². The third-order valence-corrected chi connectivity index (χ3v) is 3.29. The number of hydrogen-bond acceptors (Lipinski definition) is 6. The molecule has 1 aromatic carbocycles. The van der Waals surface area contributed by atoms with Gasteiger partial charge in [-0.15, -0.1) is 0 Å². The molecule has 110 valence electrons. The number of anilines is 3. The van der Waals surface area contributed by atoms with E-state index in [1.165, 1.54) is 0 Å². The Morgan fingerprint density at radius 1 is 1.48 bits per heavy atom. The maximum Gasteiger partial charge on any atom is 0.329 e. The van der Waals surface area contributed by atoms with Crippen LogP contribution >= 0.6 is 27.5 Å². The van der Waals surface area contributed by atoms with E-state index >= 15 is 0 Å². The van der Waals surface area contributed by atoms with E-state index in [-0.39, 0.29) is 11.5 Å². The molecule has 0 unspecified atom stereocenters. The molecule has 2 aromatic rings. The number of hydrogen-bond donors (Lipinski definition) is 2. The molecule has 0 atom stereocenters. The highest BCUT2D eigenvalue weighted by atomic mass is 79.9. The number of nitrogens with zero attached hydrogens (tertiary/aromatic N) is 3. The molecule has 0 fully saturated rings. The molecule has 7 nitrogen and oxygen atoms in total. The first-order valence-corrected chi connectivity index (χ1v) is 7.15. The molecule has 0 amide bonds. The Hall–Kier alpha value is -1.93. The van der Waals surface area contributed by atoms with Crippen molar-refractivity contribution in [1.82, 2.24) is 9.97 Å². The third-order valence-electron chi connectivity index (χ3n) is 2.49. The zero-order valence-corrected chi connectivity index (χ0v) is 13.3. The fraction of sp³-hybridized carbons (Fsp3) is 0.167. The van der Waals surface area contributed by atoms with E-state index in [1.54, 1.807) is 18.2 Å². The van der Waals surface area contributed by atoms with Gasteiger partial charge in [-0.1, -0.05) is 27.5 Å². The summed E-state index contributed by atoms with van der Waals surface area (Å²) in [6, 6.07) is 5.15. The van der Waals surface area contributed by atoms with E-state index in [1.807, 2.05) is 6.92 Å². The number of aromatic nitrogens is 2. The summed E-state index contributed by atoms with van der Waals surface area (Å²) in [6.45, 7) is 2.49. The number of rotatable bonds is 5. The van der Waals surface area contributed by atoms with Gasteiger partial charge in [-0.3, -0.25) is 10.1 Å². The zero-order valence-electron chi connectivity index (χ0n) is 10.9. The van der Waals surface area contributed by atoms with Gasteiger partial charge >= 0.3 is 5.69 Å². The summed E-state index contributed by atoms with van der Waals surface area (Å²) in [5.41, 5.74) is 0.291. The number of halogens is 2. The standard InChI is InChI=1S/C12H11BrClN5O2/c1-2-15-12-16-6-10(19(20)21)11(18-12)17-9-4-3-7(13)5-8(9)14/h3-6H,2H2,1H3,(H2,15,16,17,18). The van der Waals surface area contributed by atoms with E-state index in [4.69, 9.17) is 11.6 Å². The van der Waals surface area contributed by atoms with Crippen molar-refractivity contribution in [3.8, 4) is 0 Å². The second kappa shape index (κ2) is 6.68. The third kappa shape index (κ3) is 3.79. The summed E-state index contributed by atoms with van der Waals surface area (Å²) in [4.78, 5) is 18.5. The minimum atomic E-state index is -0.551. The van der Waals surface area contributed by atoms with Crippen molar-refractivity contribution >= 4 is 50.7 Å². The highest BCUT2D eigenvalue weighted by Gasteiger charge is 2.18. The van der Waals surface area contributed by atoms with Gasteiger partial charge < -0.3 is 10.6 Å². The second-order valence-electron chi connectivity index (χ2n) is 3.96. The van der Waals surface area contributed by atoms with E-state index < -0.39 is 4.92 Å². The molecule has 0 aliphatic rings. The minimum absolute atomic E-state index is 0.0789. The molecule has 0 radical (unpaired) electrons. The van der Waals surface area contributed by atoms with Crippen molar-refractivity contribution in [3.05, 3.63) is 44.0 Å². The first kappa shape index (κ1) is 15.5. The molecule has 0 aliphatic heterocycles. The van der Waals surface area contributed by atoms with Crippen LogP contribution in [0.15, 0.2) is 28.9 Å². The first-order valence-electron chi connectivity index (χ1n) is 5.98. The molecule has 21 heavy (non-hydrogen) atoms. The Bertz CT molecular complexity index is 683. The lowest BCUT2D eigenvalue weighted by atomic mass is 10.3. The number of benzene rings is 1. The van der Waals surface area contributed by atoms with Crippen LogP contribution in [0.3, 0.4) is 0 Å². The highest BCUT2D eigenvalue weighted by molar-refractivity contribution is 9.10. The van der Waals surface area contributed by atoms with Gasteiger partial charge in [-0.25, -0.2) is 4.98 Å². The van der Waals surface area contributed by atoms with Crippen molar-refractivity contribution in [2.75, 3.05) is 17.2 Å². The predicted molar refractivity (Wildman–Crippen MR) is 85.3 cm³/mol. The van der Waals surface area contributed by atoms with Gasteiger partial charge in [0.15, 0.2) is 0 Å². The number of nitrogens with one attached hydrogen (secondary N) is 2. The Kier molecular flexibility index (Phi) is 4.92. The van der Waals surface area contributed by atoms with Crippen LogP contribution in [0.25, 0.3) is 0 Å². The van der Waals surface area contributed by atoms with E-state index in [9.17, 15) is 10.1 Å². The molecular weight excluding hydrogens is 362 g/mol. The monoisotopic (exact) mass is 371 g/mol. The van der Waals surface area contributed by atoms with Gasteiger partial charge in [-0.05, 0) is 25.1 Å². The molecule has 0 saturated heterocycles. The molecule has 2 N–H and O–H groups in total. The fourth-order valence-corrected chi connectivity index (χ4v) is 2.28. The minimum Gasteiger partial charge on any atom is -0.354 e. The van der Waals surface area contributed by atoms with Gasteiger partial charge in [0, 0.05) is 11.0 Å². The van der Waals surface area contributed by atoms with Crippen molar-refractivity contribution in [2.45, 2.75) is 6.92 Å². The lowest BCUT2D eigenvalue weighted by Gasteiger charge is -2.09. The maximum absolute atomic E-state index is 11.0. The molecule has 0 bridgehead atoms. The quantitative estimate of drug-likeness (QED) is 0.609. The van der Waals surface area contributed by atoms with Crippen LogP contribution < -0.4 is 10.6 Å². The van der Waals surface area contributed by atoms with Crippen LogP contribution in [-0.4, -0.2) is 21.4 Å². The molecule has 1 aromatic heterocycles. The molecule has 9 heteroatoms. The summed E-state index contributed by atoms with van der Waals surface area (Å²) >= 11 is 9.39.